The number of nitrogens with one attached hydrogen (secondary N) is 3. The number of aromatic nitrogens is 3. The molecule has 3 atom stereocenters. The number of hydrogen-bond acceptors (Lipinski definition) is 4. The summed E-state index contributed by atoms with van der Waals surface area (Å²) in [5.41, 5.74) is 2.38. The van der Waals surface area contributed by atoms with Gasteiger partial charge in [0.15, 0.2) is 5.82 Å². The van der Waals surface area contributed by atoms with Crippen LogP contribution in [0.4, 0.5) is 0 Å². The number of piperazine rings is 1. The summed E-state index contributed by atoms with van der Waals surface area (Å²) < 4.78 is 0. The number of hydrogen-bond donors (Lipinski definition) is 3. The summed E-state index contributed by atoms with van der Waals surface area (Å²) in [5, 5.41) is 3.93. The molecule has 2 fully saturated rings. The fourth-order valence-electron chi connectivity index (χ4n) is 5.59. The number of carbonyl (C=O) groups excluding carboxylic acids is 3. The van der Waals surface area contributed by atoms with Crippen molar-refractivity contribution in [3.63, 3.8) is 0 Å². The van der Waals surface area contributed by atoms with E-state index in [0.29, 0.717) is 24.6 Å². The molecule has 2 aromatic heterocycles. The monoisotopic (exact) mass is 498 g/mol. The van der Waals surface area contributed by atoms with Crippen LogP contribution in [0.5, 0.6) is 0 Å². The average Bonchev–Trinajstić information content (AvgIpc) is 3.66. The molecule has 9 heteroatoms. The highest BCUT2D eigenvalue weighted by Gasteiger charge is 2.50. The third-order valence-electron chi connectivity index (χ3n) is 7.54. The lowest BCUT2D eigenvalue weighted by molar-refractivity contribution is -0.138. The zero-order valence-electron chi connectivity index (χ0n) is 21.1. The van der Waals surface area contributed by atoms with Crippen LogP contribution in [0.2, 0.25) is 0 Å². The van der Waals surface area contributed by atoms with E-state index in [-0.39, 0.29) is 29.8 Å². The third-order valence-corrected chi connectivity index (χ3v) is 7.54. The first-order chi connectivity index (χ1) is 17.7. The number of likely N-dealkylation sites (tertiary alicyclic amines) is 2. The molecule has 0 radical (unpaired) electrons. The number of aromatic amines is 2. The lowest BCUT2D eigenvalue weighted by Gasteiger charge is -2.39. The van der Waals surface area contributed by atoms with Gasteiger partial charge in [-0.2, -0.15) is 0 Å². The topological polar surface area (TPSA) is 114 Å². The Morgan fingerprint density at radius 1 is 0.946 bits per heavy atom. The van der Waals surface area contributed by atoms with E-state index in [1.165, 1.54) is 0 Å². The van der Waals surface area contributed by atoms with Crippen molar-refractivity contribution in [3.05, 3.63) is 66.1 Å². The highest BCUT2D eigenvalue weighted by atomic mass is 16.2. The summed E-state index contributed by atoms with van der Waals surface area (Å²) in [4.78, 5) is 54.5. The Morgan fingerprint density at radius 3 is 2.30 bits per heavy atom. The number of rotatable bonds is 4. The molecule has 2 aromatic carbocycles. The van der Waals surface area contributed by atoms with Gasteiger partial charge in [-0.3, -0.25) is 14.4 Å². The van der Waals surface area contributed by atoms with E-state index in [0.717, 1.165) is 28.4 Å². The van der Waals surface area contributed by atoms with Gasteiger partial charge in [-0.15, -0.1) is 0 Å². The smallest absolute Gasteiger partial charge is 0.290 e. The summed E-state index contributed by atoms with van der Waals surface area (Å²) >= 11 is 0. The van der Waals surface area contributed by atoms with Gasteiger partial charge in [0.25, 0.3) is 11.8 Å². The van der Waals surface area contributed by atoms with Gasteiger partial charge in [0.05, 0.1) is 23.1 Å². The standard InChI is InChI=1S/C28H30N6O3/c1-28(2,3)23(32-25(35)22-12-16-8-4-5-9-19(16)29-22)26(36)33-14-18-13-17(33)15-34(18)27(37)24-30-20-10-6-7-11-21(20)31-24/h4-12,17-18,23,29H,13-15H2,1-3H3,(H,30,31)(H,32,35)/t17-,18-,23+/m0/s1. The molecule has 9 nitrogen and oxygen atoms in total. The number of benzene rings is 2. The second kappa shape index (κ2) is 8.47. The zero-order chi connectivity index (χ0) is 25.9. The van der Waals surface area contributed by atoms with Crippen LogP contribution in [0, 0.1) is 5.41 Å². The molecule has 3 N–H and O–H groups in total. The molecule has 2 aliphatic heterocycles. The maximum Gasteiger partial charge on any atom is 0.290 e. The minimum atomic E-state index is -0.703. The Kier molecular flexibility index (Phi) is 5.33. The van der Waals surface area contributed by atoms with Crippen molar-refractivity contribution in [2.45, 2.75) is 45.3 Å². The molecule has 6 rings (SSSR count). The van der Waals surface area contributed by atoms with Crippen molar-refractivity contribution in [3.8, 4) is 0 Å². The lowest BCUT2D eigenvalue weighted by Crippen LogP contribution is -2.59. The van der Waals surface area contributed by atoms with Gasteiger partial charge >= 0.3 is 0 Å². The summed E-state index contributed by atoms with van der Waals surface area (Å²) in [5.74, 6) is -0.240. The van der Waals surface area contributed by atoms with Gasteiger partial charge in [0.1, 0.15) is 11.7 Å². The van der Waals surface area contributed by atoms with E-state index < -0.39 is 11.5 Å². The number of H-pyrrole nitrogens is 2. The predicted octanol–water partition coefficient (Wildman–Crippen LogP) is 3.31. The second-order valence-corrected chi connectivity index (χ2v) is 11.1. The van der Waals surface area contributed by atoms with E-state index in [2.05, 4.69) is 20.3 Å². The van der Waals surface area contributed by atoms with Crippen molar-refractivity contribution in [2.75, 3.05) is 13.1 Å². The Bertz CT molecular complexity index is 1460. The minimum Gasteiger partial charge on any atom is -0.351 e. The van der Waals surface area contributed by atoms with E-state index >= 15 is 0 Å². The van der Waals surface area contributed by atoms with Crippen LogP contribution >= 0.6 is 0 Å². The van der Waals surface area contributed by atoms with Crippen molar-refractivity contribution < 1.29 is 14.4 Å². The Balaban J connectivity index is 1.17. The quantitative estimate of drug-likeness (QED) is 0.401. The zero-order valence-corrected chi connectivity index (χ0v) is 21.1. The highest BCUT2D eigenvalue weighted by molar-refractivity contribution is 6.00. The maximum absolute atomic E-state index is 13.8. The summed E-state index contributed by atoms with van der Waals surface area (Å²) in [6.07, 6.45) is 0.727. The van der Waals surface area contributed by atoms with Gasteiger partial charge in [-0.1, -0.05) is 51.1 Å². The summed E-state index contributed by atoms with van der Waals surface area (Å²) in [7, 11) is 0. The molecular weight excluding hydrogens is 468 g/mol. The van der Waals surface area contributed by atoms with Gasteiger partial charge in [-0.25, -0.2) is 4.98 Å². The van der Waals surface area contributed by atoms with Crippen LogP contribution in [0.25, 0.3) is 21.9 Å². The first kappa shape index (κ1) is 23.3. The number of para-hydroxylation sites is 3. The largest absolute Gasteiger partial charge is 0.351 e. The number of amides is 3. The van der Waals surface area contributed by atoms with Crippen molar-refractivity contribution in [1.82, 2.24) is 30.1 Å². The van der Waals surface area contributed by atoms with Crippen LogP contribution in [0.1, 0.15) is 48.3 Å². The molecule has 2 bridgehead atoms. The predicted molar refractivity (Wildman–Crippen MR) is 140 cm³/mol. The Morgan fingerprint density at radius 2 is 1.62 bits per heavy atom. The van der Waals surface area contributed by atoms with Crippen LogP contribution < -0.4 is 5.32 Å². The molecule has 190 valence electrons. The molecule has 2 saturated heterocycles. The van der Waals surface area contributed by atoms with Gasteiger partial charge in [0.2, 0.25) is 5.91 Å². The second-order valence-electron chi connectivity index (χ2n) is 11.1. The van der Waals surface area contributed by atoms with Crippen molar-refractivity contribution >= 4 is 39.7 Å². The normalized spacial score (nSPS) is 20.1. The van der Waals surface area contributed by atoms with Crippen LogP contribution in [-0.4, -0.2) is 73.7 Å². The molecule has 0 unspecified atom stereocenters. The first-order valence-electron chi connectivity index (χ1n) is 12.6. The van der Waals surface area contributed by atoms with Gasteiger partial charge in [0, 0.05) is 24.0 Å². The van der Waals surface area contributed by atoms with Crippen molar-refractivity contribution in [2.24, 2.45) is 5.41 Å². The average molecular weight is 499 g/mol. The first-order valence-corrected chi connectivity index (χ1v) is 12.6. The Hall–Kier alpha value is -4.14. The fraction of sp³-hybridized carbons (Fsp3) is 0.357. The summed E-state index contributed by atoms with van der Waals surface area (Å²) in [6.45, 7) is 6.76. The van der Waals surface area contributed by atoms with E-state index in [1.54, 1.807) is 6.07 Å². The van der Waals surface area contributed by atoms with Gasteiger partial charge in [-0.05, 0) is 36.1 Å². The molecule has 2 aliphatic rings. The van der Waals surface area contributed by atoms with Crippen molar-refractivity contribution in [1.29, 1.82) is 0 Å². The number of nitrogens with zero attached hydrogens (tertiary/aromatic N) is 3. The lowest BCUT2D eigenvalue weighted by atomic mass is 9.85. The molecule has 4 aromatic rings. The maximum atomic E-state index is 13.8. The molecule has 0 aliphatic carbocycles. The highest BCUT2D eigenvalue weighted by Crippen LogP contribution is 2.34. The van der Waals surface area contributed by atoms with Crippen LogP contribution in [0.3, 0.4) is 0 Å². The SMILES string of the molecule is CC(C)(C)[C@H](NC(=O)c1cc2ccccc2[nH]1)C(=O)N1C[C@@H]2C[C@H]1CN2C(=O)c1nc2ccccc2[nH]1. The Labute approximate surface area is 214 Å². The molecule has 0 saturated carbocycles. The summed E-state index contributed by atoms with van der Waals surface area (Å²) in [6, 6.07) is 16.2. The van der Waals surface area contributed by atoms with E-state index in [4.69, 9.17) is 0 Å². The number of fused-ring (bicyclic) bond motifs is 4. The molecule has 3 amide bonds. The third kappa shape index (κ3) is 4.04. The number of imidazole rings is 1. The fourth-order valence-corrected chi connectivity index (χ4v) is 5.59. The van der Waals surface area contributed by atoms with Crippen LogP contribution in [0.15, 0.2) is 54.6 Å². The minimum absolute atomic E-state index is 0.0697. The molecule has 37 heavy (non-hydrogen) atoms. The van der Waals surface area contributed by atoms with Crippen LogP contribution in [-0.2, 0) is 4.79 Å². The molecule has 0 spiro atoms. The van der Waals surface area contributed by atoms with Gasteiger partial charge < -0.3 is 25.1 Å². The number of carbonyl (C=O) groups is 3. The molecule has 4 heterocycles. The van der Waals surface area contributed by atoms with E-state index in [1.807, 2.05) is 79.1 Å². The molecular formula is C28H30N6O3. The van der Waals surface area contributed by atoms with E-state index in [9.17, 15) is 14.4 Å².